The standard InChI is InChI=1S/C9H16N2O/c1-2-5-8-6-3-4-7-11(8)9(10)12/h2,8H,1,3-7H2,(H2,10,12). The summed E-state index contributed by atoms with van der Waals surface area (Å²) in [6, 6.07) is 0.00954. The molecule has 0 aromatic carbocycles. The zero-order chi connectivity index (χ0) is 8.97. The molecule has 0 radical (unpaired) electrons. The van der Waals surface area contributed by atoms with Crippen molar-refractivity contribution in [1.29, 1.82) is 0 Å². The van der Waals surface area contributed by atoms with E-state index in [2.05, 4.69) is 6.58 Å². The smallest absolute Gasteiger partial charge is 0.315 e. The number of amides is 2. The van der Waals surface area contributed by atoms with Crippen LogP contribution in [0.25, 0.3) is 0 Å². The summed E-state index contributed by atoms with van der Waals surface area (Å²) in [7, 11) is 0. The second kappa shape index (κ2) is 4.14. The van der Waals surface area contributed by atoms with Gasteiger partial charge in [0.15, 0.2) is 0 Å². The first-order valence-corrected chi connectivity index (χ1v) is 4.42. The minimum absolute atomic E-state index is 0.290. The average molecular weight is 168 g/mol. The van der Waals surface area contributed by atoms with Gasteiger partial charge in [-0.2, -0.15) is 0 Å². The van der Waals surface area contributed by atoms with Gasteiger partial charge in [0.2, 0.25) is 0 Å². The van der Waals surface area contributed by atoms with Crippen molar-refractivity contribution in [2.24, 2.45) is 5.73 Å². The fourth-order valence-corrected chi connectivity index (χ4v) is 1.73. The van der Waals surface area contributed by atoms with Crippen molar-refractivity contribution in [3.05, 3.63) is 12.7 Å². The van der Waals surface area contributed by atoms with Gasteiger partial charge >= 0.3 is 6.03 Å². The Balaban J connectivity index is 2.53. The Morgan fingerprint density at radius 1 is 1.67 bits per heavy atom. The molecule has 0 spiro atoms. The van der Waals surface area contributed by atoms with E-state index in [1.165, 1.54) is 6.42 Å². The quantitative estimate of drug-likeness (QED) is 0.624. The van der Waals surface area contributed by atoms with E-state index in [0.29, 0.717) is 6.04 Å². The Kier molecular flexibility index (Phi) is 3.14. The highest BCUT2D eigenvalue weighted by Gasteiger charge is 2.23. The van der Waals surface area contributed by atoms with Gasteiger partial charge < -0.3 is 10.6 Å². The lowest BCUT2D eigenvalue weighted by Crippen LogP contribution is -2.46. The van der Waals surface area contributed by atoms with Gasteiger partial charge in [0.25, 0.3) is 0 Å². The molecule has 3 nitrogen and oxygen atoms in total. The molecule has 68 valence electrons. The van der Waals surface area contributed by atoms with Crippen molar-refractivity contribution in [1.82, 2.24) is 4.90 Å². The summed E-state index contributed by atoms with van der Waals surface area (Å²) >= 11 is 0. The molecule has 0 saturated carbocycles. The van der Waals surface area contributed by atoms with Crippen LogP contribution in [0.1, 0.15) is 25.7 Å². The molecule has 2 amide bonds. The largest absolute Gasteiger partial charge is 0.351 e. The van der Waals surface area contributed by atoms with Crippen LogP contribution in [0.15, 0.2) is 12.7 Å². The molecule has 2 N–H and O–H groups in total. The maximum absolute atomic E-state index is 11.0. The third kappa shape index (κ3) is 2.00. The second-order valence-electron chi connectivity index (χ2n) is 3.21. The summed E-state index contributed by atoms with van der Waals surface area (Å²) in [4.78, 5) is 12.7. The van der Waals surface area contributed by atoms with Crippen LogP contribution in [-0.2, 0) is 0 Å². The van der Waals surface area contributed by atoms with Crippen molar-refractivity contribution < 1.29 is 4.79 Å². The Hall–Kier alpha value is -0.990. The number of piperidine rings is 1. The van der Waals surface area contributed by atoms with Gasteiger partial charge in [0, 0.05) is 12.6 Å². The molecule has 1 unspecified atom stereocenters. The fraction of sp³-hybridized carbons (Fsp3) is 0.667. The van der Waals surface area contributed by atoms with Crippen LogP contribution < -0.4 is 5.73 Å². The molecule has 1 heterocycles. The SMILES string of the molecule is C=CCC1CCCCN1C(N)=O. The molecule has 1 aliphatic rings. The lowest BCUT2D eigenvalue weighted by molar-refractivity contribution is 0.160. The molecule has 1 aliphatic heterocycles. The Labute approximate surface area is 73.2 Å². The third-order valence-electron chi connectivity index (χ3n) is 2.35. The number of carbonyl (C=O) groups is 1. The Morgan fingerprint density at radius 3 is 3.00 bits per heavy atom. The highest BCUT2D eigenvalue weighted by molar-refractivity contribution is 5.72. The number of nitrogens with two attached hydrogens (primary N) is 1. The minimum Gasteiger partial charge on any atom is -0.351 e. The van der Waals surface area contributed by atoms with E-state index in [-0.39, 0.29) is 6.03 Å². The zero-order valence-electron chi connectivity index (χ0n) is 7.33. The molecule has 0 aliphatic carbocycles. The normalized spacial score (nSPS) is 23.7. The first-order chi connectivity index (χ1) is 5.75. The number of carbonyl (C=O) groups excluding carboxylic acids is 1. The van der Waals surface area contributed by atoms with E-state index in [0.717, 1.165) is 25.8 Å². The molecule has 1 fully saturated rings. The molecular weight excluding hydrogens is 152 g/mol. The summed E-state index contributed by atoms with van der Waals surface area (Å²) in [6.07, 6.45) is 6.06. The maximum Gasteiger partial charge on any atom is 0.315 e. The van der Waals surface area contributed by atoms with Crippen molar-refractivity contribution in [2.75, 3.05) is 6.54 Å². The van der Waals surface area contributed by atoms with E-state index in [9.17, 15) is 4.79 Å². The van der Waals surface area contributed by atoms with Crippen molar-refractivity contribution in [3.8, 4) is 0 Å². The highest BCUT2D eigenvalue weighted by Crippen LogP contribution is 2.19. The molecule has 1 rings (SSSR count). The van der Waals surface area contributed by atoms with E-state index in [4.69, 9.17) is 5.73 Å². The molecule has 0 aromatic heterocycles. The Morgan fingerprint density at radius 2 is 2.42 bits per heavy atom. The van der Waals surface area contributed by atoms with Crippen molar-refractivity contribution in [2.45, 2.75) is 31.7 Å². The first-order valence-electron chi connectivity index (χ1n) is 4.42. The van der Waals surface area contributed by atoms with Gasteiger partial charge in [-0.25, -0.2) is 4.79 Å². The summed E-state index contributed by atoms with van der Waals surface area (Å²) in [5.41, 5.74) is 5.24. The third-order valence-corrected chi connectivity index (χ3v) is 2.35. The summed E-state index contributed by atoms with van der Waals surface area (Å²) in [5.74, 6) is 0. The van der Waals surface area contributed by atoms with Crippen molar-refractivity contribution in [3.63, 3.8) is 0 Å². The molecule has 0 bridgehead atoms. The van der Waals surface area contributed by atoms with Crippen LogP contribution in [0.5, 0.6) is 0 Å². The van der Waals surface area contributed by atoms with E-state index in [1.54, 1.807) is 4.90 Å². The second-order valence-corrected chi connectivity index (χ2v) is 3.21. The molecule has 1 atom stereocenters. The topological polar surface area (TPSA) is 46.3 Å². The fourth-order valence-electron chi connectivity index (χ4n) is 1.73. The minimum atomic E-state index is -0.290. The van der Waals surface area contributed by atoms with Crippen LogP contribution in [-0.4, -0.2) is 23.5 Å². The van der Waals surface area contributed by atoms with Crippen LogP contribution >= 0.6 is 0 Å². The lowest BCUT2D eigenvalue weighted by atomic mass is 10.00. The first kappa shape index (κ1) is 9.10. The van der Waals surface area contributed by atoms with Gasteiger partial charge in [-0.15, -0.1) is 6.58 Å². The molecule has 12 heavy (non-hydrogen) atoms. The number of hydrogen-bond donors (Lipinski definition) is 1. The van der Waals surface area contributed by atoms with Gasteiger partial charge in [0.1, 0.15) is 0 Å². The van der Waals surface area contributed by atoms with Gasteiger partial charge in [-0.1, -0.05) is 6.08 Å². The van der Waals surface area contributed by atoms with Crippen LogP contribution in [0.3, 0.4) is 0 Å². The average Bonchev–Trinajstić information content (AvgIpc) is 2.05. The number of nitrogens with zero attached hydrogens (tertiary/aromatic N) is 1. The number of rotatable bonds is 2. The van der Waals surface area contributed by atoms with Crippen LogP contribution in [0.2, 0.25) is 0 Å². The summed E-state index contributed by atoms with van der Waals surface area (Å²) in [5, 5.41) is 0. The monoisotopic (exact) mass is 168 g/mol. The summed E-state index contributed by atoms with van der Waals surface area (Å²) in [6.45, 7) is 4.48. The van der Waals surface area contributed by atoms with Crippen molar-refractivity contribution >= 4 is 6.03 Å². The predicted molar refractivity (Wildman–Crippen MR) is 48.7 cm³/mol. The number of urea groups is 1. The molecular formula is C9H16N2O. The lowest BCUT2D eigenvalue weighted by Gasteiger charge is -2.33. The molecule has 3 heteroatoms. The number of hydrogen-bond acceptors (Lipinski definition) is 1. The van der Waals surface area contributed by atoms with E-state index < -0.39 is 0 Å². The van der Waals surface area contributed by atoms with Gasteiger partial charge in [-0.05, 0) is 25.7 Å². The molecule has 1 saturated heterocycles. The summed E-state index contributed by atoms with van der Waals surface area (Å²) < 4.78 is 0. The maximum atomic E-state index is 11.0. The van der Waals surface area contributed by atoms with Gasteiger partial charge in [0.05, 0.1) is 0 Å². The van der Waals surface area contributed by atoms with E-state index in [1.807, 2.05) is 6.08 Å². The van der Waals surface area contributed by atoms with Crippen LogP contribution in [0.4, 0.5) is 4.79 Å². The highest BCUT2D eigenvalue weighted by atomic mass is 16.2. The van der Waals surface area contributed by atoms with Gasteiger partial charge in [-0.3, -0.25) is 0 Å². The number of likely N-dealkylation sites (tertiary alicyclic amines) is 1. The predicted octanol–water partition coefficient (Wildman–Crippen LogP) is 1.50. The number of primary amides is 1. The molecule has 0 aromatic rings. The Bertz CT molecular complexity index is 179. The zero-order valence-corrected chi connectivity index (χ0v) is 7.33. The van der Waals surface area contributed by atoms with E-state index >= 15 is 0 Å². The van der Waals surface area contributed by atoms with Crippen LogP contribution in [0, 0.1) is 0 Å².